The Kier molecular flexibility index (Phi) is 8.26. The monoisotopic (exact) mass is 519 g/mol. The highest BCUT2D eigenvalue weighted by atomic mass is 32.2. The summed E-state index contributed by atoms with van der Waals surface area (Å²) in [5.41, 5.74) is 4.48. The van der Waals surface area contributed by atoms with Gasteiger partial charge >= 0.3 is 0 Å². The van der Waals surface area contributed by atoms with Crippen molar-refractivity contribution in [2.45, 2.75) is 5.16 Å². The van der Waals surface area contributed by atoms with Gasteiger partial charge in [-0.2, -0.15) is 5.10 Å². The van der Waals surface area contributed by atoms with Crippen molar-refractivity contribution >= 4 is 23.9 Å². The van der Waals surface area contributed by atoms with Gasteiger partial charge in [-0.05, 0) is 42.5 Å². The van der Waals surface area contributed by atoms with E-state index in [2.05, 4.69) is 20.7 Å². The molecule has 0 aliphatic heterocycles. The quantitative estimate of drug-likeness (QED) is 0.184. The molecule has 3 aromatic carbocycles. The van der Waals surface area contributed by atoms with Crippen LogP contribution in [0.15, 0.2) is 77.0 Å². The molecule has 4 aromatic rings. The molecule has 0 saturated heterocycles. The van der Waals surface area contributed by atoms with Crippen molar-refractivity contribution in [3.63, 3.8) is 0 Å². The predicted molar refractivity (Wildman–Crippen MR) is 141 cm³/mol. The van der Waals surface area contributed by atoms with Gasteiger partial charge in [0.25, 0.3) is 5.91 Å². The van der Waals surface area contributed by atoms with Crippen LogP contribution in [-0.4, -0.2) is 59.1 Å². The van der Waals surface area contributed by atoms with E-state index in [1.54, 1.807) is 38.5 Å². The van der Waals surface area contributed by atoms with E-state index in [0.717, 1.165) is 11.3 Å². The zero-order chi connectivity index (χ0) is 26.2. The van der Waals surface area contributed by atoms with Gasteiger partial charge in [0.1, 0.15) is 0 Å². The Morgan fingerprint density at radius 3 is 2.46 bits per heavy atom. The predicted octanol–water partition coefficient (Wildman–Crippen LogP) is 3.91. The standard InChI is InChI=1S/C26H25N5O5S/c1-34-20-13-12-17(14-22(20)36-3)25-29-30-26(31(25)19-9-5-4-6-10-19)37-16-23(32)28-27-15-18-8-7-11-21(35-2)24(18)33/h4-15,33H,16H2,1-3H3,(H,28,32)/b27-15+. The largest absolute Gasteiger partial charge is 0.504 e. The molecular formula is C26H25N5O5S. The fraction of sp³-hybridized carbons (Fsp3) is 0.154. The molecule has 0 aliphatic rings. The molecule has 190 valence electrons. The van der Waals surface area contributed by atoms with E-state index in [4.69, 9.17) is 14.2 Å². The van der Waals surface area contributed by atoms with Gasteiger partial charge in [0.05, 0.1) is 33.3 Å². The number of methoxy groups -OCH3 is 3. The summed E-state index contributed by atoms with van der Waals surface area (Å²) in [5.74, 6) is 1.70. The number of aromatic nitrogens is 3. The van der Waals surface area contributed by atoms with Gasteiger partial charge in [-0.3, -0.25) is 9.36 Å². The number of carbonyl (C=O) groups is 1. The minimum atomic E-state index is -0.348. The molecule has 1 aromatic heterocycles. The summed E-state index contributed by atoms with van der Waals surface area (Å²) in [7, 11) is 4.61. The highest BCUT2D eigenvalue weighted by molar-refractivity contribution is 7.99. The van der Waals surface area contributed by atoms with Gasteiger partial charge < -0.3 is 19.3 Å². The average Bonchev–Trinajstić information content (AvgIpc) is 3.37. The number of hydrogen-bond donors (Lipinski definition) is 2. The summed E-state index contributed by atoms with van der Waals surface area (Å²) in [5, 5.41) is 23.3. The number of para-hydroxylation sites is 2. The van der Waals surface area contributed by atoms with Crippen LogP contribution < -0.4 is 19.6 Å². The van der Waals surface area contributed by atoms with Crippen LogP contribution >= 0.6 is 11.8 Å². The Morgan fingerprint density at radius 2 is 1.73 bits per heavy atom. The maximum atomic E-state index is 12.5. The summed E-state index contributed by atoms with van der Waals surface area (Å²) < 4.78 is 17.7. The first-order valence-corrected chi connectivity index (χ1v) is 12.1. The molecule has 4 rings (SSSR count). The van der Waals surface area contributed by atoms with Gasteiger partial charge in [0.15, 0.2) is 34.0 Å². The van der Waals surface area contributed by atoms with Gasteiger partial charge in [-0.1, -0.05) is 36.0 Å². The summed E-state index contributed by atoms with van der Waals surface area (Å²) in [6.45, 7) is 0. The van der Waals surface area contributed by atoms with Crippen LogP contribution in [0, 0.1) is 0 Å². The van der Waals surface area contributed by atoms with Crippen LogP contribution in [0.3, 0.4) is 0 Å². The zero-order valence-corrected chi connectivity index (χ0v) is 21.2. The molecule has 10 nitrogen and oxygen atoms in total. The van der Waals surface area contributed by atoms with Crippen molar-refractivity contribution in [3.05, 3.63) is 72.3 Å². The lowest BCUT2D eigenvalue weighted by Crippen LogP contribution is -2.20. The maximum Gasteiger partial charge on any atom is 0.250 e. The molecule has 0 bridgehead atoms. The zero-order valence-electron chi connectivity index (χ0n) is 20.4. The number of rotatable bonds is 10. The van der Waals surface area contributed by atoms with Crippen molar-refractivity contribution in [2.75, 3.05) is 27.1 Å². The SMILES string of the molecule is COc1ccc(-c2nnc(SCC(=O)N/N=C/c3cccc(OC)c3O)n2-c2ccccc2)cc1OC. The van der Waals surface area contributed by atoms with Gasteiger partial charge in [0, 0.05) is 16.8 Å². The second-order valence-corrected chi connectivity index (χ2v) is 8.47. The van der Waals surface area contributed by atoms with Crippen molar-refractivity contribution in [1.29, 1.82) is 0 Å². The molecule has 0 saturated carbocycles. The van der Waals surface area contributed by atoms with Crippen LogP contribution in [-0.2, 0) is 4.79 Å². The van der Waals surface area contributed by atoms with Crippen molar-refractivity contribution in [2.24, 2.45) is 5.10 Å². The number of nitrogens with zero attached hydrogens (tertiary/aromatic N) is 4. The lowest BCUT2D eigenvalue weighted by atomic mass is 10.2. The normalized spacial score (nSPS) is 10.9. The molecule has 0 unspecified atom stereocenters. The first kappa shape index (κ1) is 25.6. The second-order valence-electron chi connectivity index (χ2n) is 7.53. The summed E-state index contributed by atoms with van der Waals surface area (Å²) in [6, 6.07) is 20.1. The smallest absolute Gasteiger partial charge is 0.250 e. The lowest BCUT2D eigenvalue weighted by Gasteiger charge is -2.12. The Labute approximate surface area is 217 Å². The topological polar surface area (TPSA) is 120 Å². The maximum absolute atomic E-state index is 12.5. The number of phenolic OH excluding ortho intramolecular Hbond substituents is 1. The van der Waals surface area contributed by atoms with E-state index in [9.17, 15) is 9.90 Å². The number of hydrazone groups is 1. The van der Waals surface area contributed by atoms with Gasteiger partial charge in [-0.15, -0.1) is 10.2 Å². The minimum Gasteiger partial charge on any atom is -0.504 e. The van der Waals surface area contributed by atoms with Crippen molar-refractivity contribution in [3.8, 4) is 40.1 Å². The number of phenols is 1. The number of benzene rings is 3. The molecule has 0 atom stereocenters. The van der Waals surface area contributed by atoms with E-state index < -0.39 is 0 Å². The Hall–Kier alpha value is -4.51. The highest BCUT2D eigenvalue weighted by Crippen LogP contribution is 2.34. The minimum absolute atomic E-state index is 0.0400. The molecule has 0 radical (unpaired) electrons. The molecule has 37 heavy (non-hydrogen) atoms. The molecule has 11 heteroatoms. The number of aromatic hydroxyl groups is 1. The van der Waals surface area contributed by atoms with E-state index >= 15 is 0 Å². The van der Waals surface area contributed by atoms with E-state index in [1.807, 2.05) is 47.0 Å². The molecule has 1 amide bonds. The Balaban J connectivity index is 1.53. The van der Waals surface area contributed by atoms with Crippen LogP contribution in [0.1, 0.15) is 5.56 Å². The molecular weight excluding hydrogens is 494 g/mol. The third-order valence-electron chi connectivity index (χ3n) is 5.26. The lowest BCUT2D eigenvalue weighted by molar-refractivity contribution is -0.118. The van der Waals surface area contributed by atoms with E-state index in [0.29, 0.717) is 33.8 Å². The van der Waals surface area contributed by atoms with Gasteiger partial charge in [-0.25, -0.2) is 5.43 Å². The summed E-state index contributed by atoms with van der Waals surface area (Å²) in [6.07, 6.45) is 1.35. The first-order chi connectivity index (χ1) is 18.0. The second kappa shape index (κ2) is 12.0. The highest BCUT2D eigenvalue weighted by Gasteiger charge is 2.18. The number of nitrogens with one attached hydrogen (secondary N) is 1. The first-order valence-electron chi connectivity index (χ1n) is 11.1. The third kappa shape index (κ3) is 5.84. The van der Waals surface area contributed by atoms with Crippen LogP contribution in [0.2, 0.25) is 0 Å². The van der Waals surface area contributed by atoms with E-state index in [-0.39, 0.29) is 17.4 Å². The average molecular weight is 520 g/mol. The Morgan fingerprint density at radius 1 is 0.973 bits per heavy atom. The number of thioether (sulfide) groups is 1. The molecule has 0 fully saturated rings. The molecule has 2 N–H and O–H groups in total. The Bertz CT molecular complexity index is 1410. The van der Waals surface area contributed by atoms with Crippen LogP contribution in [0.25, 0.3) is 17.1 Å². The van der Waals surface area contributed by atoms with Crippen LogP contribution in [0.5, 0.6) is 23.0 Å². The molecule has 0 spiro atoms. The third-order valence-corrected chi connectivity index (χ3v) is 6.19. The fourth-order valence-corrected chi connectivity index (χ4v) is 4.22. The van der Waals surface area contributed by atoms with Crippen molar-refractivity contribution < 1.29 is 24.1 Å². The number of carbonyl (C=O) groups excluding carboxylic acids is 1. The number of hydrogen-bond acceptors (Lipinski definition) is 9. The number of amides is 1. The van der Waals surface area contributed by atoms with Crippen molar-refractivity contribution in [1.82, 2.24) is 20.2 Å². The van der Waals surface area contributed by atoms with E-state index in [1.165, 1.54) is 25.1 Å². The summed E-state index contributed by atoms with van der Waals surface area (Å²) >= 11 is 1.22. The molecule has 0 aliphatic carbocycles. The fourth-order valence-electron chi connectivity index (χ4n) is 3.48. The number of ether oxygens (including phenoxy) is 3. The molecule has 1 heterocycles. The summed E-state index contributed by atoms with van der Waals surface area (Å²) in [4.78, 5) is 12.5. The van der Waals surface area contributed by atoms with Gasteiger partial charge in [0.2, 0.25) is 0 Å². The van der Waals surface area contributed by atoms with Crippen LogP contribution in [0.4, 0.5) is 0 Å².